The third-order valence-electron chi connectivity index (χ3n) is 3.30. The van der Waals surface area contributed by atoms with Crippen molar-refractivity contribution < 1.29 is 4.79 Å². The molecule has 92 valence electrons. The van der Waals surface area contributed by atoms with Crippen LogP contribution in [0.1, 0.15) is 32.6 Å². The number of nitrogens with two attached hydrogens (primary N) is 1. The molecule has 1 aliphatic carbocycles. The summed E-state index contributed by atoms with van der Waals surface area (Å²) in [4.78, 5) is 12.1. The zero-order valence-electron chi connectivity index (χ0n) is 10.0. The van der Waals surface area contributed by atoms with Crippen molar-refractivity contribution >= 4 is 11.7 Å². The van der Waals surface area contributed by atoms with Crippen molar-refractivity contribution in [1.82, 2.24) is 10.2 Å². The van der Waals surface area contributed by atoms with Crippen molar-refractivity contribution in [2.45, 2.75) is 38.1 Å². The fraction of sp³-hybridized carbons (Fsp3) is 0.583. The molecular weight excluding hydrogens is 216 g/mol. The van der Waals surface area contributed by atoms with Gasteiger partial charge in [-0.2, -0.15) is 5.10 Å². The van der Waals surface area contributed by atoms with E-state index in [0.29, 0.717) is 11.7 Å². The molecule has 0 spiro atoms. The summed E-state index contributed by atoms with van der Waals surface area (Å²) in [6.45, 7) is 2.14. The maximum atomic E-state index is 12.1. The molecule has 5 nitrogen and oxygen atoms in total. The Labute approximate surface area is 101 Å². The Morgan fingerprint density at radius 2 is 2.47 bits per heavy atom. The Kier molecular flexibility index (Phi) is 3.38. The summed E-state index contributed by atoms with van der Waals surface area (Å²) in [6.07, 6.45) is 5.20. The van der Waals surface area contributed by atoms with Gasteiger partial charge in [0, 0.05) is 6.20 Å². The summed E-state index contributed by atoms with van der Waals surface area (Å²) < 4.78 is 0. The van der Waals surface area contributed by atoms with Crippen molar-refractivity contribution in [1.29, 1.82) is 0 Å². The highest BCUT2D eigenvalue weighted by atomic mass is 16.2. The van der Waals surface area contributed by atoms with Gasteiger partial charge in [-0.05, 0) is 30.9 Å². The van der Waals surface area contributed by atoms with Gasteiger partial charge in [-0.15, -0.1) is 5.10 Å². The summed E-state index contributed by atoms with van der Waals surface area (Å²) in [5, 5.41) is 10.3. The average molecular weight is 234 g/mol. The van der Waals surface area contributed by atoms with E-state index in [1.807, 2.05) is 0 Å². The average Bonchev–Trinajstić information content (AvgIpc) is 2.30. The number of aromatic nitrogens is 2. The Balaban J connectivity index is 2.04. The smallest absolute Gasteiger partial charge is 0.245 e. The van der Waals surface area contributed by atoms with Gasteiger partial charge >= 0.3 is 0 Å². The van der Waals surface area contributed by atoms with E-state index in [1.165, 1.54) is 0 Å². The first-order chi connectivity index (χ1) is 8.10. The summed E-state index contributed by atoms with van der Waals surface area (Å²) in [5.74, 6) is 0.812. The molecule has 1 saturated carbocycles. The van der Waals surface area contributed by atoms with E-state index in [2.05, 4.69) is 22.4 Å². The molecule has 0 radical (unpaired) electrons. The number of rotatable bonds is 2. The lowest BCUT2D eigenvalue weighted by atomic mass is 9.76. The van der Waals surface area contributed by atoms with Gasteiger partial charge in [-0.3, -0.25) is 4.79 Å². The fourth-order valence-electron chi connectivity index (χ4n) is 2.41. The largest absolute Gasteiger partial charge is 0.317 e. The minimum atomic E-state index is -0.755. The predicted molar refractivity (Wildman–Crippen MR) is 65.2 cm³/mol. The third kappa shape index (κ3) is 2.79. The maximum absolute atomic E-state index is 12.1. The molecule has 17 heavy (non-hydrogen) atoms. The molecule has 0 aromatic carbocycles. The molecule has 0 bridgehead atoms. The molecular formula is C12H18N4O. The fourth-order valence-corrected chi connectivity index (χ4v) is 2.41. The SMILES string of the molecule is CC1CCCC(N)(C(=O)Nc2cccnn2)C1. The van der Waals surface area contributed by atoms with E-state index < -0.39 is 5.54 Å². The van der Waals surface area contributed by atoms with Gasteiger partial charge in [-0.25, -0.2) is 0 Å². The first kappa shape index (κ1) is 12.0. The number of hydrogen-bond acceptors (Lipinski definition) is 4. The number of carbonyl (C=O) groups is 1. The first-order valence-electron chi connectivity index (χ1n) is 5.98. The van der Waals surface area contributed by atoms with Crippen LogP contribution in [0.2, 0.25) is 0 Å². The van der Waals surface area contributed by atoms with Crippen LogP contribution in [0, 0.1) is 5.92 Å². The highest BCUT2D eigenvalue weighted by Gasteiger charge is 2.38. The van der Waals surface area contributed by atoms with Gasteiger partial charge in [0.1, 0.15) is 0 Å². The molecule has 1 aliphatic rings. The van der Waals surface area contributed by atoms with Crippen molar-refractivity contribution in [3.05, 3.63) is 18.3 Å². The monoisotopic (exact) mass is 234 g/mol. The van der Waals surface area contributed by atoms with Crippen LogP contribution in [-0.2, 0) is 4.79 Å². The molecule has 3 N–H and O–H groups in total. The summed E-state index contributed by atoms with van der Waals surface area (Å²) in [7, 11) is 0. The van der Waals surface area contributed by atoms with Crippen LogP contribution in [0.5, 0.6) is 0 Å². The van der Waals surface area contributed by atoms with Gasteiger partial charge in [0.05, 0.1) is 5.54 Å². The Morgan fingerprint density at radius 3 is 3.12 bits per heavy atom. The first-order valence-corrected chi connectivity index (χ1v) is 5.98. The molecule has 1 aromatic rings. The van der Waals surface area contributed by atoms with Crippen LogP contribution in [0.4, 0.5) is 5.82 Å². The number of anilines is 1. The van der Waals surface area contributed by atoms with Crippen LogP contribution in [0.15, 0.2) is 18.3 Å². The van der Waals surface area contributed by atoms with Crippen LogP contribution in [0.3, 0.4) is 0 Å². The molecule has 1 heterocycles. The van der Waals surface area contributed by atoms with Crippen molar-refractivity contribution in [3.8, 4) is 0 Å². The van der Waals surface area contributed by atoms with Gasteiger partial charge in [-0.1, -0.05) is 19.8 Å². The van der Waals surface area contributed by atoms with Gasteiger partial charge in [0.2, 0.25) is 5.91 Å². The Hall–Kier alpha value is -1.49. The van der Waals surface area contributed by atoms with Crippen molar-refractivity contribution in [3.63, 3.8) is 0 Å². The molecule has 2 unspecified atom stereocenters. The van der Waals surface area contributed by atoms with Gasteiger partial charge < -0.3 is 11.1 Å². The molecule has 1 amide bonds. The molecule has 2 atom stereocenters. The highest BCUT2D eigenvalue weighted by Crippen LogP contribution is 2.31. The van der Waals surface area contributed by atoms with Crippen LogP contribution in [0.25, 0.3) is 0 Å². The van der Waals surface area contributed by atoms with E-state index in [-0.39, 0.29) is 5.91 Å². The van der Waals surface area contributed by atoms with E-state index in [0.717, 1.165) is 25.7 Å². The summed E-state index contributed by atoms with van der Waals surface area (Å²) in [5.41, 5.74) is 5.43. The zero-order valence-corrected chi connectivity index (χ0v) is 10.0. The minimum Gasteiger partial charge on any atom is -0.317 e. The van der Waals surface area contributed by atoms with E-state index >= 15 is 0 Å². The normalized spacial score (nSPS) is 28.7. The van der Waals surface area contributed by atoms with Gasteiger partial charge in [0.15, 0.2) is 5.82 Å². The second-order valence-electron chi connectivity index (χ2n) is 4.92. The number of hydrogen-bond donors (Lipinski definition) is 2. The van der Waals surface area contributed by atoms with Crippen LogP contribution >= 0.6 is 0 Å². The minimum absolute atomic E-state index is 0.149. The second kappa shape index (κ2) is 4.79. The lowest BCUT2D eigenvalue weighted by molar-refractivity contribution is -0.122. The van der Waals surface area contributed by atoms with E-state index in [1.54, 1.807) is 18.3 Å². The predicted octanol–water partition coefficient (Wildman–Crippen LogP) is 1.32. The summed E-state index contributed by atoms with van der Waals surface area (Å²) in [6, 6.07) is 3.44. The van der Waals surface area contributed by atoms with Crippen LogP contribution < -0.4 is 11.1 Å². The van der Waals surface area contributed by atoms with E-state index in [4.69, 9.17) is 5.73 Å². The number of nitrogens with one attached hydrogen (secondary N) is 1. The highest BCUT2D eigenvalue weighted by molar-refractivity contribution is 5.97. The quantitative estimate of drug-likeness (QED) is 0.808. The molecule has 2 rings (SSSR count). The zero-order chi connectivity index (χ0) is 12.3. The van der Waals surface area contributed by atoms with Gasteiger partial charge in [0.25, 0.3) is 0 Å². The lowest BCUT2D eigenvalue weighted by Crippen LogP contribution is -2.53. The van der Waals surface area contributed by atoms with Crippen molar-refractivity contribution in [2.75, 3.05) is 5.32 Å². The second-order valence-corrected chi connectivity index (χ2v) is 4.92. The molecule has 0 saturated heterocycles. The number of amides is 1. The number of nitrogens with zero attached hydrogens (tertiary/aromatic N) is 2. The molecule has 1 fully saturated rings. The number of carbonyl (C=O) groups excluding carboxylic acids is 1. The third-order valence-corrected chi connectivity index (χ3v) is 3.30. The maximum Gasteiger partial charge on any atom is 0.245 e. The Morgan fingerprint density at radius 1 is 1.65 bits per heavy atom. The standard InChI is InChI=1S/C12H18N4O/c1-9-4-2-6-12(13,8-9)11(17)15-10-5-3-7-14-16-10/h3,5,7,9H,2,4,6,8,13H2,1H3,(H,15,16,17). The Bertz CT molecular complexity index is 395. The van der Waals surface area contributed by atoms with Crippen molar-refractivity contribution in [2.24, 2.45) is 11.7 Å². The lowest BCUT2D eigenvalue weighted by Gasteiger charge is -2.35. The molecule has 0 aliphatic heterocycles. The van der Waals surface area contributed by atoms with Crippen LogP contribution in [-0.4, -0.2) is 21.6 Å². The summed E-state index contributed by atoms with van der Waals surface area (Å²) >= 11 is 0. The topological polar surface area (TPSA) is 80.9 Å². The van der Waals surface area contributed by atoms with E-state index in [9.17, 15) is 4.79 Å². The molecule has 5 heteroatoms. The molecule has 1 aromatic heterocycles.